The van der Waals surface area contributed by atoms with Crippen LogP contribution in [-0.2, 0) is 17.9 Å². The molecule has 1 aliphatic rings. The minimum atomic E-state index is -0.0400. The van der Waals surface area contributed by atoms with Crippen molar-refractivity contribution in [3.05, 3.63) is 54.1 Å². The van der Waals surface area contributed by atoms with Crippen LogP contribution >= 0.6 is 0 Å². The zero-order valence-corrected chi connectivity index (χ0v) is 10.3. The van der Waals surface area contributed by atoms with Gasteiger partial charge in [-0.25, -0.2) is 9.97 Å². The summed E-state index contributed by atoms with van der Waals surface area (Å²) in [5.74, 6) is 0.661. The summed E-state index contributed by atoms with van der Waals surface area (Å²) in [7, 11) is 0. The average molecular weight is 255 g/mol. The first-order valence-electron chi connectivity index (χ1n) is 6.06. The minimum Gasteiger partial charge on any atom is -0.484 e. The Labute approximate surface area is 110 Å². The fraction of sp³-hybridized carbons (Fsp3) is 0.214. The van der Waals surface area contributed by atoms with Crippen LogP contribution in [0.5, 0.6) is 5.75 Å². The summed E-state index contributed by atoms with van der Waals surface area (Å²) < 4.78 is 5.45. The molecule has 5 heteroatoms. The van der Waals surface area contributed by atoms with Crippen molar-refractivity contribution in [2.24, 2.45) is 0 Å². The fourth-order valence-electron chi connectivity index (χ4n) is 2.03. The van der Waals surface area contributed by atoms with Gasteiger partial charge in [-0.3, -0.25) is 4.79 Å². The molecule has 0 atom stereocenters. The largest absolute Gasteiger partial charge is 0.484 e. The van der Waals surface area contributed by atoms with E-state index in [1.165, 1.54) is 6.33 Å². The molecule has 1 aromatic heterocycles. The molecule has 0 saturated carbocycles. The first-order chi connectivity index (χ1) is 9.33. The second-order valence-corrected chi connectivity index (χ2v) is 4.35. The summed E-state index contributed by atoms with van der Waals surface area (Å²) in [6.07, 6.45) is 3.26. The van der Waals surface area contributed by atoms with Crippen LogP contribution in [0.15, 0.2) is 42.9 Å². The third kappa shape index (κ3) is 2.54. The molecule has 1 aromatic carbocycles. The molecule has 0 aliphatic carbocycles. The van der Waals surface area contributed by atoms with Crippen molar-refractivity contribution in [3.8, 4) is 5.75 Å². The van der Waals surface area contributed by atoms with Gasteiger partial charge in [0.1, 0.15) is 12.1 Å². The summed E-state index contributed by atoms with van der Waals surface area (Å²) in [6.45, 7) is 1.15. The van der Waals surface area contributed by atoms with Crippen molar-refractivity contribution < 1.29 is 9.53 Å². The number of aromatic nitrogens is 2. The number of carbonyl (C=O) groups is 1. The number of fused-ring (bicyclic) bond motifs is 1. The fourth-order valence-corrected chi connectivity index (χ4v) is 2.03. The number of rotatable bonds is 3. The van der Waals surface area contributed by atoms with Crippen molar-refractivity contribution in [3.63, 3.8) is 0 Å². The van der Waals surface area contributed by atoms with Gasteiger partial charge >= 0.3 is 0 Å². The van der Waals surface area contributed by atoms with Gasteiger partial charge in [0, 0.05) is 18.3 Å². The maximum Gasteiger partial charge on any atom is 0.261 e. The highest BCUT2D eigenvalue weighted by Gasteiger charge is 2.24. The van der Waals surface area contributed by atoms with Gasteiger partial charge in [0.2, 0.25) is 0 Å². The highest BCUT2D eigenvalue weighted by molar-refractivity contribution is 5.78. The van der Waals surface area contributed by atoms with E-state index in [0.29, 0.717) is 18.8 Å². The number of para-hydroxylation sites is 1. The van der Waals surface area contributed by atoms with Gasteiger partial charge in [-0.15, -0.1) is 0 Å². The van der Waals surface area contributed by atoms with Gasteiger partial charge in [0.15, 0.2) is 6.61 Å². The van der Waals surface area contributed by atoms with E-state index in [1.54, 1.807) is 11.1 Å². The molecule has 0 N–H and O–H groups in total. The minimum absolute atomic E-state index is 0.0400. The van der Waals surface area contributed by atoms with Gasteiger partial charge in [0.05, 0.1) is 12.2 Å². The third-order valence-electron chi connectivity index (χ3n) is 3.04. The van der Waals surface area contributed by atoms with Crippen molar-refractivity contribution in [1.29, 1.82) is 0 Å². The van der Waals surface area contributed by atoms with E-state index in [9.17, 15) is 4.79 Å². The molecule has 1 amide bonds. The molecule has 0 bridgehead atoms. The van der Waals surface area contributed by atoms with Gasteiger partial charge in [-0.2, -0.15) is 0 Å². The van der Waals surface area contributed by atoms with Crippen LogP contribution in [0.25, 0.3) is 0 Å². The van der Waals surface area contributed by atoms with Crippen LogP contribution < -0.4 is 4.74 Å². The number of hydrogen-bond acceptors (Lipinski definition) is 4. The van der Waals surface area contributed by atoms with Gasteiger partial charge in [0.25, 0.3) is 5.91 Å². The average Bonchev–Trinajstić information content (AvgIpc) is 2.90. The van der Waals surface area contributed by atoms with Crippen molar-refractivity contribution in [2.45, 2.75) is 13.1 Å². The molecule has 19 heavy (non-hydrogen) atoms. The number of nitrogens with zero attached hydrogens (tertiary/aromatic N) is 3. The molecule has 5 nitrogen and oxygen atoms in total. The van der Waals surface area contributed by atoms with Crippen molar-refractivity contribution >= 4 is 5.91 Å². The van der Waals surface area contributed by atoms with E-state index >= 15 is 0 Å². The second-order valence-electron chi connectivity index (χ2n) is 4.35. The first-order valence-corrected chi connectivity index (χ1v) is 6.06. The quantitative estimate of drug-likeness (QED) is 0.831. The van der Waals surface area contributed by atoms with E-state index < -0.39 is 0 Å². The molecule has 1 aliphatic heterocycles. The summed E-state index contributed by atoms with van der Waals surface area (Å²) in [6, 6.07) is 9.32. The van der Waals surface area contributed by atoms with E-state index in [1.807, 2.05) is 30.3 Å². The second kappa shape index (κ2) is 5.06. The molecule has 0 unspecified atom stereocenters. The normalized spacial score (nSPS) is 13.2. The predicted octanol–water partition coefficient (Wildman–Crippen LogP) is 1.40. The van der Waals surface area contributed by atoms with Gasteiger partial charge in [-0.1, -0.05) is 18.2 Å². The standard InChI is InChI=1S/C14H13N3O2/c18-14(9-19-12-4-2-1-3-5-12)17-7-11-6-15-10-16-13(11)8-17/h1-6,10H,7-9H2. The molecule has 0 saturated heterocycles. The summed E-state index contributed by atoms with van der Waals surface area (Å²) in [4.78, 5) is 21.9. The topological polar surface area (TPSA) is 55.3 Å². The van der Waals surface area contributed by atoms with Crippen molar-refractivity contribution in [2.75, 3.05) is 6.61 Å². The van der Waals surface area contributed by atoms with Crippen LogP contribution in [0.3, 0.4) is 0 Å². The molecular weight excluding hydrogens is 242 g/mol. The molecule has 0 fully saturated rings. The Balaban J connectivity index is 1.58. The summed E-state index contributed by atoms with van der Waals surface area (Å²) in [5, 5.41) is 0. The van der Waals surface area contributed by atoms with E-state index in [4.69, 9.17) is 4.74 Å². The van der Waals surface area contributed by atoms with Crippen LogP contribution in [0.4, 0.5) is 0 Å². The van der Waals surface area contributed by atoms with Gasteiger partial charge < -0.3 is 9.64 Å². The monoisotopic (exact) mass is 255 g/mol. The number of carbonyl (C=O) groups excluding carboxylic acids is 1. The molecule has 96 valence electrons. The summed E-state index contributed by atoms with van der Waals surface area (Å²) in [5.41, 5.74) is 1.93. The van der Waals surface area contributed by atoms with Crippen LogP contribution in [0.2, 0.25) is 0 Å². The highest BCUT2D eigenvalue weighted by Crippen LogP contribution is 2.19. The van der Waals surface area contributed by atoms with Crippen molar-refractivity contribution in [1.82, 2.24) is 14.9 Å². The Hall–Kier alpha value is -2.43. The SMILES string of the molecule is O=C(COc1ccccc1)N1Cc2cncnc2C1. The number of amides is 1. The first kappa shape index (κ1) is 11.6. The zero-order chi connectivity index (χ0) is 13.1. The maximum atomic E-state index is 12.0. The van der Waals surface area contributed by atoms with Gasteiger partial charge in [-0.05, 0) is 12.1 Å². The van der Waals surface area contributed by atoms with E-state index in [0.717, 1.165) is 11.3 Å². The maximum absolute atomic E-state index is 12.0. The zero-order valence-electron chi connectivity index (χ0n) is 10.3. The van der Waals surface area contributed by atoms with Crippen LogP contribution in [-0.4, -0.2) is 27.4 Å². The molecule has 0 radical (unpaired) electrons. The van der Waals surface area contributed by atoms with Crippen LogP contribution in [0, 0.1) is 0 Å². The number of benzene rings is 1. The third-order valence-corrected chi connectivity index (χ3v) is 3.04. The summed E-state index contributed by atoms with van der Waals surface area (Å²) >= 11 is 0. The Bertz CT molecular complexity index is 561. The number of hydrogen-bond donors (Lipinski definition) is 0. The highest BCUT2D eigenvalue weighted by atomic mass is 16.5. The molecule has 2 heterocycles. The lowest BCUT2D eigenvalue weighted by Crippen LogP contribution is -2.30. The lowest BCUT2D eigenvalue weighted by atomic mass is 10.3. The van der Waals surface area contributed by atoms with E-state index in [2.05, 4.69) is 9.97 Å². The van der Waals surface area contributed by atoms with Crippen LogP contribution in [0.1, 0.15) is 11.3 Å². The molecule has 3 rings (SSSR count). The Morgan fingerprint density at radius 2 is 2.11 bits per heavy atom. The lowest BCUT2D eigenvalue weighted by molar-refractivity contribution is -0.134. The Kier molecular flexibility index (Phi) is 3.10. The molecular formula is C14H13N3O2. The molecule has 2 aromatic rings. The molecule has 0 spiro atoms. The Morgan fingerprint density at radius 3 is 2.89 bits per heavy atom. The predicted molar refractivity (Wildman–Crippen MR) is 68.2 cm³/mol. The number of ether oxygens (including phenoxy) is 1. The lowest BCUT2D eigenvalue weighted by Gasteiger charge is -2.15. The van der Waals surface area contributed by atoms with E-state index in [-0.39, 0.29) is 12.5 Å². The smallest absolute Gasteiger partial charge is 0.261 e. The Morgan fingerprint density at radius 1 is 1.26 bits per heavy atom.